The van der Waals surface area contributed by atoms with E-state index in [0.29, 0.717) is 0 Å². The van der Waals surface area contributed by atoms with Gasteiger partial charge in [-0.2, -0.15) is 0 Å². The molecular weight excluding hydrogens is 721 g/mol. The smallest absolute Gasteiger partial charge is 0.0713 e. The summed E-state index contributed by atoms with van der Waals surface area (Å²) in [6.07, 6.45) is 0. The number of benzene rings is 9. The lowest BCUT2D eigenvalue weighted by Crippen LogP contribution is -2.28. The lowest BCUT2D eigenvalue weighted by molar-refractivity contribution is 0.768. The highest BCUT2D eigenvalue weighted by Crippen LogP contribution is 2.57. The predicted octanol–water partition coefficient (Wildman–Crippen LogP) is 15.0. The number of thiophene rings is 1. The third kappa shape index (κ3) is 4.78. The first-order valence-electron chi connectivity index (χ1n) is 19.9. The zero-order valence-corrected chi connectivity index (χ0v) is 32.4. The number of para-hydroxylation sites is 2. The number of aromatic nitrogens is 1. The van der Waals surface area contributed by atoms with Crippen LogP contribution in [0.5, 0.6) is 0 Å². The van der Waals surface area contributed by atoms with Gasteiger partial charge in [0.25, 0.3) is 0 Å². The maximum absolute atomic E-state index is 2.44. The van der Waals surface area contributed by atoms with E-state index in [4.69, 9.17) is 0 Å². The molecule has 0 bridgehead atoms. The second-order valence-electron chi connectivity index (χ2n) is 15.3. The van der Waals surface area contributed by atoms with Gasteiger partial charge >= 0.3 is 0 Å². The minimum atomic E-state index is -0.448. The molecule has 2 nitrogen and oxygen atoms in total. The molecule has 11 aromatic rings. The van der Waals surface area contributed by atoms with Gasteiger partial charge in [0.05, 0.1) is 16.4 Å². The Morgan fingerprint density at radius 3 is 1.59 bits per heavy atom. The summed E-state index contributed by atoms with van der Waals surface area (Å²) in [5.74, 6) is 0. The summed E-state index contributed by atoms with van der Waals surface area (Å²) in [4.78, 5) is 2.44. The molecule has 2 heterocycles. The van der Waals surface area contributed by atoms with Gasteiger partial charge in [0.1, 0.15) is 0 Å². The summed E-state index contributed by atoms with van der Waals surface area (Å²) in [6.45, 7) is 0. The molecule has 0 N–H and O–H groups in total. The Labute approximate surface area is 341 Å². The maximum atomic E-state index is 2.44. The van der Waals surface area contributed by atoms with Crippen LogP contribution in [0, 0.1) is 0 Å². The highest BCUT2D eigenvalue weighted by molar-refractivity contribution is 7.25. The molecule has 12 rings (SSSR count). The summed E-state index contributed by atoms with van der Waals surface area (Å²) >= 11 is 1.86. The molecule has 272 valence electrons. The van der Waals surface area contributed by atoms with Crippen LogP contribution in [0.15, 0.2) is 218 Å². The van der Waals surface area contributed by atoms with E-state index in [9.17, 15) is 0 Å². The topological polar surface area (TPSA) is 8.17 Å². The van der Waals surface area contributed by atoms with Crippen LogP contribution in [0.3, 0.4) is 0 Å². The highest BCUT2D eigenvalue weighted by Gasteiger charge is 2.46. The van der Waals surface area contributed by atoms with Crippen molar-refractivity contribution in [1.82, 2.24) is 4.57 Å². The molecule has 1 aliphatic rings. The van der Waals surface area contributed by atoms with Crippen molar-refractivity contribution in [3.05, 3.63) is 241 Å². The van der Waals surface area contributed by atoms with E-state index in [2.05, 4.69) is 228 Å². The van der Waals surface area contributed by atoms with Crippen LogP contribution in [0.25, 0.3) is 58.8 Å². The van der Waals surface area contributed by atoms with Gasteiger partial charge < -0.3 is 9.47 Å². The molecule has 0 saturated heterocycles. The Morgan fingerprint density at radius 1 is 0.362 bits per heavy atom. The van der Waals surface area contributed by atoms with Crippen molar-refractivity contribution in [1.29, 1.82) is 0 Å². The highest BCUT2D eigenvalue weighted by atomic mass is 32.1. The van der Waals surface area contributed by atoms with E-state index in [-0.39, 0.29) is 0 Å². The number of fused-ring (bicyclic) bond motifs is 9. The molecule has 0 fully saturated rings. The number of hydrogen-bond acceptors (Lipinski definition) is 2. The van der Waals surface area contributed by atoms with E-state index >= 15 is 0 Å². The van der Waals surface area contributed by atoms with E-state index in [1.54, 1.807) is 0 Å². The van der Waals surface area contributed by atoms with Crippen molar-refractivity contribution in [2.24, 2.45) is 0 Å². The van der Waals surface area contributed by atoms with E-state index in [0.717, 1.165) is 22.7 Å². The van der Waals surface area contributed by atoms with Crippen LogP contribution >= 0.6 is 11.3 Å². The summed E-state index contributed by atoms with van der Waals surface area (Å²) in [7, 11) is 0. The molecule has 1 aliphatic carbocycles. The van der Waals surface area contributed by atoms with E-state index in [1.165, 1.54) is 75.4 Å². The van der Waals surface area contributed by atoms with Crippen molar-refractivity contribution in [2.45, 2.75) is 5.41 Å². The Morgan fingerprint density at radius 2 is 0.879 bits per heavy atom. The normalized spacial score (nSPS) is 13.0. The zero-order valence-electron chi connectivity index (χ0n) is 31.6. The molecule has 0 radical (unpaired) electrons. The molecule has 0 amide bonds. The van der Waals surface area contributed by atoms with Crippen LogP contribution in [0.1, 0.15) is 22.3 Å². The molecule has 0 saturated carbocycles. The standard InChI is InChI=1S/C55H36N2S/c1-3-15-37(16-4-1)55(38-17-5-2-6-18-38)49-23-11-7-19-43(49)47-35-41(31-33-50(47)55)56(42-32-34-54-48(36-42)46-22-10-14-26-53(46)58-54)39-27-29-40(30-28-39)57-51-24-12-8-20-44(51)45-21-9-13-25-52(45)57/h1-36H. The van der Waals surface area contributed by atoms with Crippen LogP contribution in [0.2, 0.25) is 0 Å². The minimum Gasteiger partial charge on any atom is -0.310 e. The first-order valence-corrected chi connectivity index (χ1v) is 20.7. The van der Waals surface area contributed by atoms with Gasteiger partial charge in [-0.3, -0.25) is 0 Å². The van der Waals surface area contributed by atoms with Crippen LogP contribution in [-0.4, -0.2) is 4.57 Å². The van der Waals surface area contributed by atoms with Crippen molar-refractivity contribution >= 4 is 70.4 Å². The lowest BCUT2D eigenvalue weighted by Gasteiger charge is -2.34. The average molecular weight is 757 g/mol. The van der Waals surface area contributed by atoms with Crippen LogP contribution in [-0.2, 0) is 5.41 Å². The summed E-state index contributed by atoms with van der Waals surface area (Å²) in [5.41, 5.74) is 14.1. The lowest BCUT2D eigenvalue weighted by atomic mass is 9.68. The van der Waals surface area contributed by atoms with E-state index < -0.39 is 5.41 Å². The molecule has 0 aliphatic heterocycles. The van der Waals surface area contributed by atoms with Gasteiger partial charge in [-0.25, -0.2) is 0 Å². The quantitative estimate of drug-likeness (QED) is 0.164. The SMILES string of the molecule is c1ccc(C2(c3ccccc3)c3ccccc3-c3cc(N(c4ccc(-n5c6ccccc6c6ccccc65)cc4)c4ccc5sc6ccccc6c5c4)ccc32)cc1. The fraction of sp³-hybridized carbons (Fsp3) is 0.0182. The second-order valence-corrected chi connectivity index (χ2v) is 16.3. The number of rotatable bonds is 6. The van der Waals surface area contributed by atoms with Gasteiger partial charge in [-0.05, 0) is 106 Å². The first-order chi connectivity index (χ1) is 28.8. The molecular formula is C55H36N2S. The number of nitrogens with zero attached hydrogens (tertiary/aromatic N) is 2. The third-order valence-corrected chi connectivity index (χ3v) is 13.4. The Bertz CT molecular complexity index is 3250. The Balaban J connectivity index is 1.08. The minimum absolute atomic E-state index is 0.448. The maximum Gasteiger partial charge on any atom is 0.0713 e. The molecule has 3 heteroatoms. The first kappa shape index (κ1) is 33.0. The van der Waals surface area contributed by atoms with Gasteiger partial charge in [0, 0.05) is 53.7 Å². The molecule has 2 aromatic heterocycles. The summed E-state index contributed by atoms with van der Waals surface area (Å²) in [6, 6.07) is 80.5. The average Bonchev–Trinajstić information content (AvgIpc) is 3.94. The third-order valence-electron chi connectivity index (χ3n) is 12.3. The molecule has 0 atom stereocenters. The van der Waals surface area contributed by atoms with Gasteiger partial charge in [-0.1, -0.05) is 146 Å². The largest absolute Gasteiger partial charge is 0.310 e. The summed E-state index contributed by atoms with van der Waals surface area (Å²) < 4.78 is 5.00. The van der Waals surface area contributed by atoms with Crippen LogP contribution < -0.4 is 4.90 Å². The Hall–Kier alpha value is -7.20. The van der Waals surface area contributed by atoms with E-state index in [1.807, 2.05) is 11.3 Å². The number of anilines is 3. The molecule has 0 unspecified atom stereocenters. The number of hydrogen-bond donors (Lipinski definition) is 0. The van der Waals surface area contributed by atoms with Gasteiger partial charge in [0.2, 0.25) is 0 Å². The fourth-order valence-electron chi connectivity index (χ4n) is 9.83. The van der Waals surface area contributed by atoms with Crippen molar-refractivity contribution < 1.29 is 0 Å². The van der Waals surface area contributed by atoms with Gasteiger partial charge in [0.15, 0.2) is 0 Å². The predicted molar refractivity (Wildman–Crippen MR) is 246 cm³/mol. The van der Waals surface area contributed by atoms with Gasteiger partial charge in [-0.15, -0.1) is 11.3 Å². The summed E-state index contributed by atoms with van der Waals surface area (Å²) in [5, 5.41) is 5.11. The van der Waals surface area contributed by atoms with Crippen LogP contribution in [0.4, 0.5) is 17.1 Å². The zero-order chi connectivity index (χ0) is 38.2. The van der Waals surface area contributed by atoms with Crippen molar-refractivity contribution in [3.63, 3.8) is 0 Å². The monoisotopic (exact) mass is 756 g/mol. The van der Waals surface area contributed by atoms with Crippen molar-refractivity contribution in [2.75, 3.05) is 4.90 Å². The second kappa shape index (κ2) is 12.9. The molecule has 9 aromatic carbocycles. The molecule has 0 spiro atoms. The van der Waals surface area contributed by atoms with Crippen molar-refractivity contribution in [3.8, 4) is 16.8 Å². The Kier molecular flexibility index (Phi) is 7.35. The fourth-order valence-corrected chi connectivity index (χ4v) is 10.9. The molecule has 58 heavy (non-hydrogen) atoms.